The van der Waals surface area contributed by atoms with E-state index in [0.29, 0.717) is 25.1 Å². The lowest BCUT2D eigenvalue weighted by molar-refractivity contribution is -0.141. The van der Waals surface area contributed by atoms with Gasteiger partial charge in [-0.15, -0.1) is 11.3 Å². The first kappa shape index (κ1) is 14.7. The van der Waals surface area contributed by atoms with Crippen LogP contribution in [-0.4, -0.2) is 39.5 Å². The average Bonchev–Trinajstić information content (AvgIpc) is 3.16. The van der Waals surface area contributed by atoms with Crippen LogP contribution in [0.1, 0.15) is 33.9 Å². The Balaban J connectivity index is 1.73. The molecule has 0 radical (unpaired) electrons. The lowest BCUT2D eigenvalue weighted by Crippen LogP contribution is -2.40. The minimum atomic E-state index is -0.939. The van der Waals surface area contributed by atoms with E-state index in [0.717, 1.165) is 17.0 Å². The maximum absolute atomic E-state index is 12.4. The molecule has 1 N–H and O–H groups in total. The zero-order valence-corrected chi connectivity index (χ0v) is 12.8. The van der Waals surface area contributed by atoms with Crippen molar-refractivity contribution >= 4 is 23.2 Å². The third kappa shape index (κ3) is 3.01. The highest BCUT2D eigenvalue weighted by molar-refractivity contribution is 7.09. The van der Waals surface area contributed by atoms with Gasteiger partial charge >= 0.3 is 5.97 Å². The molecule has 1 amide bonds. The van der Waals surface area contributed by atoms with Crippen LogP contribution in [0, 0.1) is 0 Å². The second kappa shape index (κ2) is 6.27. The van der Waals surface area contributed by atoms with Crippen LogP contribution in [0.4, 0.5) is 0 Å². The molecule has 1 aliphatic heterocycles. The fraction of sp³-hybridized carbons (Fsp3) is 0.312. The van der Waals surface area contributed by atoms with Crippen molar-refractivity contribution < 1.29 is 14.7 Å². The van der Waals surface area contributed by atoms with Gasteiger partial charge in [-0.2, -0.15) is 0 Å². The van der Waals surface area contributed by atoms with Crippen LogP contribution in [0.5, 0.6) is 0 Å². The average molecular weight is 316 g/mol. The summed E-state index contributed by atoms with van der Waals surface area (Å²) in [6.07, 6.45) is 1.92. The molecule has 1 fully saturated rings. The molecule has 1 saturated heterocycles. The van der Waals surface area contributed by atoms with Crippen LogP contribution >= 0.6 is 11.3 Å². The lowest BCUT2D eigenvalue weighted by atomic mass is 10.2. The number of carboxylic acid groups (broad SMARTS) is 1. The van der Waals surface area contributed by atoms with Crippen LogP contribution in [0.15, 0.2) is 35.7 Å². The highest BCUT2D eigenvalue weighted by Gasteiger charge is 2.35. The van der Waals surface area contributed by atoms with Crippen molar-refractivity contribution in [3.63, 3.8) is 0 Å². The maximum Gasteiger partial charge on any atom is 0.326 e. The number of amides is 1. The van der Waals surface area contributed by atoms with E-state index in [1.165, 1.54) is 16.2 Å². The van der Waals surface area contributed by atoms with E-state index in [9.17, 15) is 9.59 Å². The van der Waals surface area contributed by atoms with E-state index in [2.05, 4.69) is 4.98 Å². The standard InChI is InChI=1S/C16H16N2O3S/c19-15(18-8-4-7-13(18)16(20)21)12-10-22-14(17-12)9-11-5-2-1-3-6-11/h1-3,5-6,10,13H,4,7-9H2,(H,20,21). The summed E-state index contributed by atoms with van der Waals surface area (Å²) in [6, 6.07) is 9.22. The van der Waals surface area contributed by atoms with Gasteiger partial charge < -0.3 is 10.0 Å². The minimum Gasteiger partial charge on any atom is -0.480 e. The number of carbonyl (C=O) groups excluding carboxylic acids is 1. The molecule has 0 aliphatic carbocycles. The summed E-state index contributed by atoms with van der Waals surface area (Å²) in [4.78, 5) is 29.4. The van der Waals surface area contributed by atoms with Crippen LogP contribution < -0.4 is 0 Å². The molecule has 1 aromatic heterocycles. The molecule has 0 saturated carbocycles. The van der Waals surface area contributed by atoms with Gasteiger partial charge in [0.25, 0.3) is 5.91 Å². The Bertz CT molecular complexity index is 684. The van der Waals surface area contributed by atoms with Gasteiger partial charge in [0.1, 0.15) is 11.7 Å². The maximum atomic E-state index is 12.4. The summed E-state index contributed by atoms with van der Waals surface area (Å²) in [5.41, 5.74) is 1.49. The van der Waals surface area contributed by atoms with Gasteiger partial charge in [0.05, 0.1) is 5.01 Å². The van der Waals surface area contributed by atoms with Gasteiger partial charge in [-0.25, -0.2) is 9.78 Å². The Labute approximate surface area is 132 Å². The number of nitrogens with zero attached hydrogens (tertiary/aromatic N) is 2. The van der Waals surface area contributed by atoms with Gasteiger partial charge in [0.2, 0.25) is 0 Å². The third-order valence-electron chi connectivity index (χ3n) is 3.77. The molecule has 2 aromatic rings. The van der Waals surface area contributed by atoms with E-state index in [-0.39, 0.29) is 5.91 Å². The molecule has 3 rings (SSSR count). The smallest absolute Gasteiger partial charge is 0.326 e. The Morgan fingerprint density at radius 1 is 1.32 bits per heavy atom. The van der Waals surface area contributed by atoms with Crippen molar-refractivity contribution in [3.05, 3.63) is 52.0 Å². The van der Waals surface area contributed by atoms with Crippen molar-refractivity contribution in [2.24, 2.45) is 0 Å². The highest BCUT2D eigenvalue weighted by Crippen LogP contribution is 2.22. The second-order valence-electron chi connectivity index (χ2n) is 5.28. The van der Waals surface area contributed by atoms with Gasteiger partial charge in [-0.1, -0.05) is 30.3 Å². The number of benzene rings is 1. The summed E-state index contributed by atoms with van der Waals surface area (Å²) < 4.78 is 0. The van der Waals surface area contributed by atoms with Crippen LogP contribution in [-0.2, 0) is 11.2 Å². The predicted octanol–water partition coefficient (Wildman–Crippen LogP) is 2.42. The number of hydrogen-bond donors (Lipinski definition) is 1. The zero-order valence-electron chi connectivity index (χ0n) is 11.9. The Morgan fingerprint density at radius 2 is 2.09 bits per heavy atom. The number of aromatic nitrogens is 1. The molecule has 5 nitrogen and oxygen atoms in total. The van der Waals surface area contributed by atoms with Crippen LogP contribution in [0.3, 0.4) is 0 Å². The predicted molar refractivity (Wildman–Crippen MR) is 83.1 cm³/mol. The fourth-order valence-corrected chi connectivity index (χ4v) is 3.48. The van der Waals surface area contributed by atoms with Crippen LogP contribution in [0.2, 0.25) is 0 Å². The normalized spacial score (nSPS) is 17.6. The van der Waals surface area contributed by atoms with E-state index < -0.39 is 12.0 Å². The third-order valence-corrected chi connectivity index (χ3v) is 4.62. The molecule has 0 spiro atoms. The molecule has 1 unspecified atom stereocenters. The van der Waals surface area contributed by atoms with Gasteiger partial charge in [0, 0.05) is 18.3 Å². The second-order valence-corrected chi connectivity index (χ2v) is 6.23. The van der Waals surface area contributed by atoms with E-state index in [1.54, 1.807) is 5.38 Å². The number of carboxylic acids is 1. The summed E-state index contributed by atoms with van der Waals surface area (Å²) in [5, 5.41) is 11.7. The van der Waals surface area contributed by atoms with Gasteiger partial charge in [-0.3, -0.25) is 4.79 Å². The quantitative estimate of drug-likeness (QED) is 0.940. The van der Waals surface area contributed by atoms with Crippen molar-refractivity contribution in [1.29, 1.82) is 0 Å². The Hall–Kier alpha value is -2.21. The first-order chi connectivity index (χ1) is 10.6. The molecule has 2 heterocycles. The van der Waals surface area contributed by atoms with E-state index in [4.69, 9.17) is 5.11 Å². The monoisotopic (exact) mass is 316 g/mol. The molecule has 1 aromatic carbocycles. The van der Waals surface area contributed by atoms with E-state index >= 15 is 0 Å². The largest absolute Gasteiger partial charge is 0.480 e. The number of aliphatic carboxylic acids is 1. The lowest BCUT2D eigenvalue weighted by Gasteiger charge is -2.20. The number of thiazole rings is 1. The molecule has 1 atom stereocenters. The first-order valence-corrected chi connectivity index (χ1v) is 8.05. The summed E-state index contributed by atoms with van der Waals surface area (Å²) >= 11 is 1.44. The molecular formula is C16H16N2O3S. The summed E-state index contributed by atoms with van der Waals surface area (Å²) in [7, 11) is 0. The summed E-state index contributed by atoms with van der Waals surface area (Å²) in [5.74, 6) is -1.22. The van der Waals surface area contributed by atoms with Crippen molar-refractivity contribution in [1.82, 2.24) is 9.88 Å². The molecule has 1 aliphatic rings. The molecule has 22 heavy (non-hydrogen) atoms. The van der Waals surface area contributed by atoms with Crippen molar-refractivity contribution in [3.8, 4) is 0 Å². The topological polar surface area (TPSA) is 70.5 Å². The first-order valence-electron chi connectivity index (χ1n) is 7.17. The summed E-state index contributed by atoms with van der Waals surface area (Å²) in [6.45, 7) is 0.487. The highest BCUT2D eigenvalue weighted by atomic mass is 32.1. The van der Waals surface area contributed by atoms with Crippen molar-refractivity contribution in [2.45, 2.75) is 25.3 Å². The number of likely N-dealkylation sites (tertiary alicyclic amines) is 1. The fourth-order valence-electron chi connectivity index (χ4n) is 2.67. The van der Waals surface area contributed by atoms with Gasteiger partial charge in [-0.05, 0) is 18.4 Å². The van der Waals surface area contributed by atoms with Crippen LogP contribution in [0.25, 0.3) is 0 Å². The van der Waals surface area contributed by atoms with Gasteiger partial charge in [0.15, 0.2) is 0 Å². The number of carbonyl (C=O) groups is 2. The SMILES string of the molecule is O=C(O)C1CCCN1C(=O)c1csc(Cc2ccccc2)n1. The Morgan fingerprint density at radius 3 is 2.82 bits per heavy atom. The Kier molecular flexibility index (Phi) is 4.20. The van der Waals surface area contributed by atoms with Crippen molar-refractivity contribution in [2.75, 3.05) is 6.54 Å². The molecular weight excluding hydrogens is 300 g/mol. The minimum absolute atomic E-state index is 0.277. The van der Waals surface area contributed by atoms with E-state index in [1.807, 2.05) is 30.3 Å². The number of rotatable bonds is 4. The molecule has 0 bridgehead atoms. The number of hydrogen-bond acceptors (Lipinski definition) is 4. The molecule has 114 valence electrons. The molecule has 6 heteroatoms. The zero-order chi connectivity index (χ0) is 15.5.